The highest BCUT2D eigenvalue weighted by atomic mass is 19.4. The zero-order valence-electron chi connectivity index (χ0n) is 11.4. The Kier molecular flexibility index (Phi) is 4.44. The predicted molar refractivity (Wildman–Crippen MR) is 72.5 cm³/mol. The molecule has 120 valence electrons. The van der Waals surface area contributed by atoms with Gasteiger partial charge in [0, 0.05) is 24.1 Å². The zero-order chi connectivity index (χ0) is 17.2. The number of carbonyl (C=O) groups is 1. The Morgan fingerprint density at radius 2 is 1.70 bits per heavy atom. The first kappa shape index (κ1) is 16.6. The molecule has 0 aliphatic rings. The standard InChI is InChI=1S/C15H9F4NO3/c16-10-3-1-9(2-4-10)7-14(21)12-8-11(20(22)23)5-6-13(12)15(17,18)19/h1-6,8H,7H2. The molecule has 0 saturated heterocycles. The molecule has 0 bridgehead atoms. The van der Waals surface area contributed by atoms with E-state index in [0.717, 1.165) is 12.1 Å². The molecule has 0 fully saturated rings. The van der Waals surface area contributed by atoms with Crippen molar-refractivity contribution in [2.24, 2.45) is 0 Å². The number of ketones is 1. The van der Waals surface area contributed by atoms with Gasteiger partial charge in [0.25, 0.3) is 5.69 Å². The summed E-state index contributed by atoms with van der Waals surface area (Å²) in [5.41, 5.74) is -2.33. The van der Waals surface area contributed by atoms with E-state index in [1.54, 1.807) is 0 Å². The van der Waals surface area contributed by atoms with Crippen LogP contribution < -0.4 is 0 Å². The van der Waals surface area contributed by atoms with E-state index >= 15 is 0 Å². The third-order valence-corrected chi connectivity index (χ3v) is 3.10. The lowest BCUT2D eigenvalue weighted by Crippen LogP contribution is -2.15. The molecule has 2 rings (SSSR count). The number of Topliss-reactive ketones (excluding diaryl/α,β-unsaturated/α-hetero) is 1. The Labute approximate surface area is 127 Å². The van der Waals surface area contributed by atoms with Crippen LogP contribution in [0.5, 0.6) is 0 Å². The second-order valence-corrected chi connectivity index (χ2v) is 4.71. The van der Waals surface area contributed by atoms with Gasteiger partial charge in [0.1, 0.15) is 5.82 Å². The van der Waals surface area contributed by atoms with E-state index in [1.807, 2.05) is 0 Å². The number of halogens is 4. The Morgan fingerprint density at radius 3 is 2.22 bits per heavy atom. The first-order chi connectivity index (χ1) is 10.7. The van der Waals surface area contributed by atoms with Gasteiger partial charge in [-0.3, -0.25) is 14.9 Å². The predicted octanol–water partition coefficient (Wildman–Crippen LogP) is 4.18. The van der Waals surface area contributed by atoms with Crippen molar-refractivity contribution in [2.75, 3.05) is 0 Å². The summed E-state index contributed by atoms with van der Waals surface area (Å²) < 4.78 is 51.7. The monoisotopic (exact) mass is 327 g/mol. The van der Waals surface area contributed by atoms with Crippen LogP contribution in [0.4, 0.5) is 23.2 Å². The molecule has 0 spiro atoms. The smallest absolute Gasteiger partial charge is 0.294 e. The maximum absolute atomic E-state index is 13.0. The van der Waals surface area contributed by atoms with Crippen LogP contribution in [0.15, 0.2) is 42.5 Å². The second-order valence-electron chi connectivity index (χ2n) is 4.71. The van der Waals surface area contributed by atoms with Crippen LogP contribution in [0.25, 0.3) is 0 Å². The average Bonchev–Trinajstić information content (AvgIpc) is 2.48. The molecule has 2 aromatic carbocycles. The van der Waals surface area contributed by atoms with Crippen molar-refractivity contribution in [3.63, 3.8) is 0 Å². The van der Waals surface area contributed by atoms with Gasteiger partial charge in [-0.15, -0.1) is 0 Å². The van der Waals surface area contributed by atoms with Crippen molar-refractivity contribution < 1.29 is 27.3 Å². The summed E-state index contributed by atoms with van der Waals surface area (Å²) in [6.45, 7) is 0. The maximum Gasteiger partial charge on any atom is 0.417 e. The molecule has 0 unspecified atom stereocenters. The van der Waals surface area contributed by atoms with Gasteiger partial charge in [-0.25, -0.2) is 4.39 Å². The molecule has 4 nitrogen and oxygen atoms in total. The quantitative estimate of drug-likeness (QED) is 0.366. The molecular formula is C15H9F4NO3. The van der Waals surface area contributed by atoms with E-state index in [1.165, 1.54) is 12.1 Å². The van der Waals surface area contributed by atoms with Crippen molar-refractivity contribution >= 4 is 11.5 Å². The molecule has 0 heterocycles. The van der Waals surface area contributed by atoms with Crippen molar-refractivity contribution in [2.45, 2.75) is 12.6 Å². The third kappa shape index (κ3) is 3.91. The fraction of sp³-hybridized carbons (Fsp3) is 0.133. The highest BCUT2D eigenvalue weighted by Crippen LogP contribution is 2.34. The minimum absolute atomic E-state index is 0.302. The van der Waals surface area contributed by atoms with Crippen LogP contribution in [0.1, 0.15) is 21.5 Å². The first-order valence-corrected chi connectivity index (χ1v) is 6.32. The van der Waals surface area contributed by atoms with Gasteiger partial charge < -0.3 is 0 Å². The van der Waals surface area contributed by atoms with Crippen LogP contribution in [-0.2, 0) is 12.6 Å². The molecule has 0 aliphatic carbocycles. The number of rotatable bonds is 4. The summed E-state index contributed by atoms with van der Waals surface area (Å²) >= 11 is 0. The van der Waals surface area contributed by atoms with Gasteiger partial charge in [0.2, 0.25) is 0 Å². The van der Waals surface area contributed by atoms with Crippen molar-refractivity contribution in [1.82, 2.24) is 0 Å². The van der Waals surface area contributed by atoms with E-state index in [-0.39, 0.29) is 0 Å². The molecule has 0 atom stereocenters. The Balaban J connectivity index is 2.42. The number of hydrogen-bond acceptors (Lipinski definition) is 3. The van der Waals surface area contributed by atoms with E-state index in [2.05, 4.69) is 0 Å². The van der Waals surface area contributed by atoms with Gasteiger partial charge in [0.15, 0.2) is 5.78 Å². The van der Waals surface area contributed by atoms with Crippen LogP contribution in [0.2, 0.25) is 0 Å². The molecule has 0 aliphatic heterocycles. The zero-order valence-corrected chi connectivity index (χ0v) is 11.4. The van der Waals surface area contributed by atoms with Crippen LogP contribution >= 0.6 is 0 Å². The summed E-state index contributed by atoms with van der Waals surface area (Å²) in [6.07, 6.45) is -5.24. The summed E-state index contributed by atoms with van der Waals surface area (Å²) in [6, 6.07) is 6.47. The van der Waals surface area contributed by atoms with Crippen LogP contribution in [-0.4, -0.2) is 10.7 Å². The first-order valence-electron chi connectivity index (χ1n) is 6.32. The third-order valence-electron chi connectivity index (χ3n) is 3.10. The molecule has 0 aromatic heterocycles. The van der Waals surface area contributed by atoms with Crippen molar-refractivity contribution in [3.05, 3.63) is 75.1 Å². The minimum Gasteiger partial charge on any atom is -0.294 e. The molecule has 0 amide bonds. The molecular weight excluding hydrogens is 318 g/mol. The number of non-ortho nitro benzene ring substituents is 1. The topological polar surface area (TPSA) is 60.2 Å². The second kappa shape index (κ2) is 6.15. The van der Waals surface area contributed by atoms with Gasteiger partial charge in [-0.05, 0) is 23.8 Å². The van der Waals surface area contributed by atoms with Gasteiger partial charge in [-0.2, -0.15) is 13.2 Å². The molecule has 0 N–H and O–H groups in total. The Hall–Kier alpha value is -2.77. The van der Waals surface area contributed by atoms with Crippen molar-refractivity contribution in [3.8, 4) is 0 Å². The van der Waals surface area contributed by atoms with E-state index < -0.39 is 45.9 Å². The number of hydrogen-bond donors (Lipinski definition) is 0. The highest BCUT2D eigenvalue weighted by molar-refractivity contribution is 5.99. The number of benzene rings is 2. The largest absolute Gasteiger partial charge is 0.417 e. The normalized spacial score (nSPS) is 11.3. The molecule has 8 heteroatoms. The van der Waals surface area contributed by atoms with E-state index in [9.17, 15) is 32.5 Å². The molecule has 0 saturated carbocycles. The number of nitro groups is 1. The summed E-state index contributed by atoms with van der Waals surface area (Å²) in [4.78, 5) is 21.9. The molecule has 2 aromatic rings. The lowest BCUT2D eigenvalue weighted by molar-refractivity contribution is -0.384. The van der Waals surface area contributed by atoms with Gasteiger partial charge in [-0.1, -0.05) is 12.1 Å². The lowest BCUT2D eigenvalue weighted by Gasteiger charge is -2.12. The summed E-state index contributed by atoms with van der Waals surface area (Å²) in [7, 11) is 0. The van der Waals surface area contributed by atoms with E-state index in [4.69, 9.17) is 0 Å². The van der Waals surface area contributed by atoms with Crippen LogP contribution in [0.3, 0.4) is 0 Å². The average molecular weight is 327 g/mol. The highest BCUT2D eigenvalue weighted by Gasteiger charge is 2.36. The fourth-order valence-corrected chi connectivity index (χ4v) is 2.01. The lowest BCUT2D eigenvalue weighted by atomic mass is 9.97. The number of carbonyl (C=O) groups excluding carboxylic acids is 1. The SMILES string of the molecule is O=C(Cc1ccc(F)cc1)c1cc([N+](=O)[O-])ccc1C(F)(F)F. The Bertz CT molecular complexity index is 754. The van der Waals surface area contributed by atoms with Crippen LogP contribution in [0, 0.1) is 15.9 Å². The molecule has 0 radical (unpaired) electrons. The van der Waals surface area contributed by atoms with E-state index in [0.29, 0.717) is 23.8 Å². The Morgan fingerprint density at radius 1 is 1.09 bits per heavy atom. The number of alkyl halides is 3. The van der Waals surface area contributed by atoms with Crippen molar-refractivity contribution in [1.29, 1.82) is 0 Å². The number of nitrogens with zero attached hydrogens (tertiary/aromatic N) is 1. The minimum atomic E-state index is -4.82. The van der Waals surface area contributed by atoms with Gasteiger partial charge in [0.05, 0.1) is 10.5 Å². The fourth-order valence-electron chi connectivity index (χ4n) is 2.01. The molecule has 23 heavy (non-hydrogen) atoms. The van der Waals surface area contributed by atoms with Gasteiger partial charge >= 0.3 is 6.18 Å². The maximum atomic E-state index is 13.0. The number of nitro benzene ring substituents is 1. The summed E-state index contributed by atoms with van der Waals surface area (Å²) in [5, 5.41) is 10.7. The summed E-state index contributed by atoms with van der Waals surface area (Å²) in [5.74, 6) is -1.49.